The molecule has 0 amide bonds. The molecule has 2 aliphatic rings. The predicted molar refractivity (Wildman–Crippen MR) is 82.4 cm³/mol. The van der Waals surface area contributed by atoms with Crippen LogP contribution in [0.4, 0.5) is 0 Å². The first kappa shape index (κ1) is 12.8. The summed E-state index contributed by atoms with van der Waals surface area (Å²) in [6, 6.07) is 15.5. The van der Waals surface area contributed by atoms with E-state index in [4.69, 9.17) is 0 Å². The Hall–Kier alpha value is -1.96. The summed E-state index contributed by atoms with van der Waals surface area (Å²) in [5, 5.41) is 19.2. The first-order valence-electron chi connectivity index (χ1n) is 7.80. The highest BCUT2D eigenvalue weighted by molar-refractivity contribution is 5.48. The number of benzene rings is 2. The molecule has 2 aliphatic carbocycles. The minimum Gasteiger partial charge on any atom is -0.508 e. The first-order chi connectivity index (χ1) is 10.2. The molecule has 2 heteroatoms. The number of fused-ring (bicyclic) bond motifs is 2. The summed E-state index contributed by atoms with van der Waals surface area (Å²) in [6.07, 6.45) is 5.19. The second kappa shape index (κ2) is 4.52. The molecule has 2 aromatic carbocycles. The molecule has 0 spiro atoms. The molecule has 2 N–H and O–H groups in total. The van der Waals surface area contributed by atoms with Crippen LogP contribution in [0.15, 0.2) is 48.5 Å². The van der Waals surface area contributed by atoms with Crippen LogP contribution in [0.1, 0.15) is 36.8 Å². The zero-order valence-electron chi connectivity index (χ0n) is 12.0. The smallest absolute Gasteiger partial charge is 0.115 e. The van der Waals surface area contributed by atoms with E-state index in [1.54, 1.807) is 24.3 Å². The molecule has 2 bridgehead atoms. The van der Waals surface area contributed by atoms with Crippen molar-refractivity contribution < 1.29 is 10.2 Å². The third-order valence-electron chi connectivity index (χ3n) is 5.65. The number of hydrogen-bond acceptors (Lipinski definition) is 2. The Bertz CT molecular complexity index is 581. The average molecular weight is 280 g/mol. The highest BCUT2D eigenvalue weighted by Gasteiger charge is 2.58. The molecule has 108 valence electrons. The van der Waals surface area contributed by atoms with Crippen molar-refractivity contribution in [3.63, 3.8) is 0 Å². The Morgan fingerprint density at radius 2 is 1.14 bits per heavy atom. The SMILES string of the molecule is Oc1ccc(C2(c3ccc(O)cc3)C3CCCC2C3)cc1. The molecular weight excluding hydrogens is 260 g/mol. The van der Waals surface area contributed by atoms with Crippen molar-refractivity contribution in [1.82, 2.24) is 0 Å². The molecule has 2 saturated carbocycles. The van der Waals surface area contributed by atoms with Crippen LogP contribution in [-0.4, -0.2) is 10.2 Å². The van der Waals surface area contributed by atoms with Gasteiger partial charge >= 0.3 is 0 Å². The summed E-state index contributed by atoms with van der Waals surface area (Å²) in [7, 11) is 0. The second-order valence-electron chi connectivity index (χ2n) is 6.52. The lowest BCUT2D eigenvalue weighted by Crippen LogP contribution is -2.56. The van der Waals surface area contributed by atoms with Gasteiger partial charge in [0.05, 0.1) is 0 Å². The molecule has 0 aromatic heterocycles. The highest BCUT2D eigenvalue weighted by atomic mass is 16.3. The Morgan fingerprint density at radius 1 is 0.714 bits per heavy atom. The molecule has 0 saturated heterocycles. The summed E-state index contributed by atoms with van der Waals surface area (Å²) >= 11 is 0. The minimum atomic E-state index is 0.0830. The van der Waals surface area contributed by atoms with E-state index >= 15 is 0 Å². The van der Waals surface area contributed by atoms with Gasteiger partial charge in [-0.05, 0) is 66.5 Å². The van der Waals surface area contributed by atoms with Gasteiger partial charge in [-0.1, -0.05) is 30.7 Å². The van der Waals surface area contributed by atoms with E-state index < -0.39 is 0 Å². The second-order valence-corrected chi connectivity index (χ2v) is 6.52. The molecule has 0 aliphatic heterocycles. The van der Waals surface area contributed by atoms with Gasteiger partial charge in [0, 0.05) is 5.41 Å². The fraction of sp³-hybridized carbons (Fsp3) is 0.368. The molecule has 2 nitrogen and oxygen atoms in total. The van der Waals surface area contributed by atoms with Gasteiger partial charge in [0.2, 0.25) is 0 Å². The van der Waals surface area contributed by atoms with Crippen molar-refractivity contribution >= 4 is 0 Å². The standard InChI is InChI=1S/C19H20O2/c20-17-8-4-13(5-9-17)19(14-6-10-18(21)11-7-14)15-2-1-3-16(19)12-15/h4-11,15-16,20-21H,1-3,12H2. The highest BCUT2D eigenvalue weighted by Crippen LogP contribution is 2.63. The van der Waals surface area contributed by atoms with Crippen LogP contribution >= 0.6 is 0 Å². The molecule has 4 rings (SSSR count). The van der Waals surface area contributed by atoms with Crippen molar-refractivity contribution in [1.29, 1.82) is 0 Å². The lowest BCUT2D eigenvalue weighted by molar-refractivity contribution is 0.00529. The summed E-state index contributed by atoms with van der Waals surface area (Å²) in [4.78, 5) is 0. The van der Waals surface area contributed by atoms with Crippen LogP contribution in [0.3, 0.4) is 0 Å². The maximum absolute atomic E-state index is 9.59. The maximum atomic E-state index is 9.59. The molecule has 0 radical (unpaired) electrons. The Morgan fingerprint density at radius 3 is 1.52 bits per heavy atom. The number of hydrogen-bond donors (Lipinski definition) is 2. The van der Waals surface area contributed by atoms with Crippen LogP contribution < -0.4 is 0 Å². The third kappa shape index (κ3) is 1.71. The zero-order chi connectivity index (χ0) is 14.4. The Balaban J connectivity index is 1.87. The van der Waals surface area contributed by atoms with Crippen LogP contribution in [0.2, 0.25) is 0 Å². The van der Waals surface area contributed by atoms with Gasteiger partial charge in [0.1, 0.15) is 11.5 Å². The third-order valence-corrected chi connectivity index (χ3v) is 5.65. The van der Waals surface area contributed by atoms with E-state index in [9.17, 15) is 10.2 Å². The van der Waals surface area contributed by atoms with Gasteiger partial charge < -0.3 is 10.2 Å². The molecule has 2 unspecified atom stereocenters. The van der Waals surface area contributed by atoms with Crippen molar-refractivity contribution in [2.45, 2.75) is 31.1 Å². The van der Waals surface area contributed by atoms with E-state index in [2.05, 4.69) is 24.3 Å². The van der Waals surface area contributed by atoms with Gasteiger partial charge in [-0.2, -0.15) is 0 Å². The molecule has 0 heterocycles. The van der Waals surface area contributed by atoms with Crippen LogP contribution in [0, 0.1) is 11.8 Å². The van der Waals surface area contributed by atoms with Gasteiger partial charge in [-0.3, -0.25) is 0 Å². The lowest BCUT2D eigenvalue weighted by atomic mass is 9.43. The summed E-state index contributed by atoms with van der Waals surface area (Å²) in [5.41, 5.74) is 2.71. The zero-order valence-corrected chi connectivity index (χ0v) is 12.0. The lowest BCUT2D eigenvalue weighted by Gasteiger charge is -2.61. The van der Waals surface area contributed by atoms with E-state index in [0.717, 1.165) is 0 Å². The van der Waals surface area contributed by atoms with Crippen molar-refractivity contribution in [2.24, 2.45) is 11.8 Å². The van der Waals surface area contributed by atoms with Crippen molar-refractivity contribution in [3.05, 3.63) is 59.7 Å². The largest absolute Gasteiger partial charge is 0.508 e. The topological polar surface area (TPSA) is 40.5 Å². The van der Waals surface area contributed by atoms with Crippen LogP contribution in [-0.2, 0) is 5.41 Å². The van der Waals surface area contributed by atoms with Gasteiger partial charge in [-0.25, -0.2) is 0 Å². The quantitative estimate of drug-likeness (QED) is 0.865. The molecular formula is C19H20O2. The normalized spacial score (nSPS) is 26.1. The first-order valence-corrected chi connectivity index (χ1v) is 7.80. The Kier molecular flexibility index (Phi) is 2.75. The summed E-state index contributed by atoms with van der Waals surface area (Å²) in [5.74, 6) is 2.02. The minimum absolute atomic E-state index is 0.0830. The van der Waals surface area contributed by atoms with E-state index in [-0.39, 0.29) is 5.41 Å². The van der Waals surface area contributed by atoms with Crippen molar-refractivity contribution in [2.75, 3.05) is 0 Å². The Labute approximate surface area is 125 Å². The van der Waals surface area contributed by atoms with E-state index in [1.165, 1.54) is 36.8 Å². The molecule has 21 heavy (non-hydrogen) atoms. The molecule has 2 aromatic rings. The number of rotatable bonds is 2. The van der Waals surface area contributed by atoms with Gasteiger partial charge in [0.25, 0.3) is 0 Å². The number of phenols is 2. The summed E-state index contributed by atoms with van der Waals surface area (Å²) in [6.45, 7) is 0. The fourth-order valence-corrected chi connectivity index (χ4v) is 4.77. The molecule has 2 fully saturated rings. The monoisotopic (exact) mass is 280 g/mol. The predicted octanol–water partition coefficient (Wildman–Crippen LogP) is 4.20. The average Bonchev–Trinajstić information content (AvgIpc) is 2.52. The summed E-state index contributed by atoms with van der Waals surface area (Å²) < 4.78 is 0. The number of aromatic hydroxyl groups is 2. The van der Waals surface area contributed by atoms with Crippen LogP contribution in [0.5, 0.6) is 11.5 Å². The molecule has 2 atom stereocenters. The van der Waals surface area contributed by atoms with Gasteiger partial charge in [-0.15, -0.1) is 0 Å². The van der Waals surface area contributed by atoms with E-state index in [0.29, 0.717) is 23.3 Å². The van der Waals surface area contributed by atoms with Gasteiger partial charge in [0.15, 0.2) is 0 Å². The fourth-order valence-electron chi connectivity index (χ4n) is 4.77. The number of phenolic OH excluding ortho intramolecular Hbond substituents is 2. The van der Waals surface area contributed by atoms with E-state index in [1.807, 2.05) is 0 Å². The maximum Gasteiger partial charge on any atom is 0.115 e. The van der Waals surface area contributed by atoms with Crippen molar-refractivity contribution in [3.8, 4) is 11.5 Å². The van der Waals surface area contributed by atoms with Crippen LogP contribution in [0.25, 0.3) is 0 Å².